The van der Waals surface area contributed by atoms with Crippen molar-refractivity contribution < 1.29 is 18.7 Å². The lowest BCUT2D eigenvalue weighted by Gasteiger charge is -2.06. The maximum atomic E-state index is 12.9. The van der Waals surface area contributed by atoms with E-state index in [0.717, 1.165) is 0 Å². The lowest BCUT2D eigenvalue weighted by atomic mass is 10.3. The van der Waals surface area contributed by atoms with Crippen LogP contribution < -0.4 is 4.74 Å². The van der Waals surface area contributed by atoms with Crippen LogP contribution >= 0.6 is 15.9 Å². The van der Waals surface area contributed by atoms with Crippen molar-refractivity contribution in [1.82, 2.24) is 0 Å². The number of halogens is 2. The Morgan fingerprint density at radius 2 is 2.29 bits per heavy atom. The Kier molecular flexibility index (Phi) is 3.88. The van der Waals surface area contributed by atoms with Crippen molar-refractivity contribution in [3.8, 4) is 5.75 Å². The maximum absolute atomic E-state index is 12.9. The highest BCUT2D eigenvalue weighted by molar-refractivity contribution is 9.10. The molecule has 0 amide bonds. The first kappa shape index (κ1) is 11.0. The molecular formula is C9H8BrFO3. The van der Waals surface area contributed by atoms with Crippen LogP contribution in [0.2, 0.25) is 0 Å². The highest BCUT2D eigenvalue weighted by atomic mass is 79.9. The maximum Gasteiger partial charge on any atom is 0.343 e. The number of methoxy groups -OCH3 is 1. The van der Waals surface area contributed by atoms with Crippen molar-refractivity contribution >= 4 is 21.9 Å². The molecule has 14 heavy (non-hydrogen) atoms. The molecule has 0 radical (unpaired) electrons. The molecule has 3 nitrogen and oxygen atoms in total. The second-order valence-corrected chi connectivity index (χ2v) is 3.21. The van der Waals surface area contributed by atoms with E-state index in [2.05, 4.69) is 20.7 Å². The molecular weight excluding hydrogens is 255 g/mol. The van der Waals surface area contributed by atoms with Crippen LogP contribution in [0.25, 0.3) is 0 Å². The Balaban J connectivity index is 2.68. The minimum Gasteiger partial charge on any atom is -0.481 e. The van der Waals surface area contributed by atoms with Crippen LogP contribution in [0, 0.1) is 5.82 Å². The van der Waals surface area contributed by atoms with Gasteiger partial charge < -0.3 is 9.47 Å². The molecule has 76 valence electrons. The SMILES string of the molecule is COC(=O)COc1cccc(F)c1Br. The zero-order valence-electron chi connectivity index (χ0n) is 7.42. The zero-order valence-corrected chi connectivity index (χ0v) is 9.01. The Labute approximate surface area is 88.9 Å². The van der Waals surface area contributed by atoms with Gasteiger partial charge in [-0.2, -0.15) is 0 Å². The van der Waals surface area contributed by atoms with Crippen molar-refractivity contribution in [2.24, 2.45) is 0 Å². The summed E-state index contributed by atoms with van der Waals surface area (Å²) in [4.78, 5) is 10.7. The summed E-state index contributed by atoms with van der Waals surface area (Å²) in [5.74, 6) is -0.677. The van der Waals surface area contributed by atoms with E-state index >= 15 is 0 Å². The van der Waals surface area contributed by atoms with Gasteiger partial charge in [0.2, 0.25) is 0 Å². The minimum absolute atomic E-state index is 0.198. The van der Waals surface area contributed by atoms with E-state index in [0.29, 0.717) is 0 Å². The smallest absolute Gasteiger partial charge is 0.343 e. The first-order chi connectivity index (χ1) is 6.65. The van der Waals surface area contributed by atoms with Gasteiger partial charge in [0.1, 0.15) is 11.6 Å². The summed E-state index contributed by atoms with van der Waals surface area (Å²) in [6.07, 6.45) is 0. The third kappa shape index (κ3) is 2.70. The van der Waals surface area contributed by atoms with E-state index in [9.17, 15) is 9.18 Å². The molecule has 5 heteroatoms. The lowest BCUT2D eigenvalue weighted by Crippen LogP contribution is -2.12. The first-order valence-corrected chi connectivity index (χ1v) is 4.58. The summed E-state index contributed by atoms with van der Waals surface area (Å²) in [6, 6.07) is 4.33. The van der Waals surface area contributed by atoms with E-state index in [1.807, 2.05) is 0 Å². The second kappa shape index (κ2) is 4.95. The molecule has 1 rings (SSSR count). The third-order valence-corrected chi connectivity index (χ3v) is 2.26. The number of rotatable bonds is 3. The molecule has 0 unspecified atom stereocenters. The van der Waals surface area contributed by atoms with Crippen molar-refractivity contribution in [3.05, 3.63) is 28.5 Å². The lowest BCUT2D eigenvalue weighted by molar-refractivity contribution is -0.142. The van der Waals surface area contributed by atoms with Crippen LogP contribution in [0.3, 0.4) is 0 Å². The molecule has 0 atom stereocenters. The van der Waals surface area contributed by atoms with Gasteiger partial charge in [-0.1, -0.05) is 6.07 Å². The van der Waals surface area contributed by atoms with E-state index in [4.69, 9.17) is 4.74 Å². The van der Waals surface area contributed by atoms with Crippen LogP contribution in [0.4, 0.5) is 4.39 Å². The predicted molar refractivity (Wildman–Crippen MR) is 51.6 cm³/mol. The highest BCUT2D eigenvalue weighted by Crippen LogP contribution is 2.27. The number of ether oxygens (including phenoxy) is 2. The van der Waals surface area contributed by atoms with E-state index in [-0.39, 0.29) is 16.8 Å². The van der Waals surface area contributed by atoms with Crippen molar-refractivity contribution in [1.29, 1.82) is 0 Å². The molecule has 1 aromatic rings. The molecule has 0 aliphatic heterocycles. The number of hydrogen-bond donors (Lipinski definition) is 0. The monoisotopic (exact) mass is 262 g/mol. The Morgan fingerprint density at radius 3 is 2.93 bits per heavy atom. The molecule has 0 heterocycles. The van der Waals surface area contributed by atoms with Crippen LogP contribution in [0.15, 0.2) is 22.7 Å². The Hall–Kier alpha value is -1.10. The summed E-state index contributed by atoms with van der Waals surface area (Å²) in [5.41, 5.74) is 0. The highest BCUT2D eigenvalue weighted by Gasteiger charge is 2.08. The number of carbonyl (C=O) groups is 1. The standard InChI is InChI=1S/C9H8BrFO3/c1-13-8(12)5-14-7-4-2-3-6(11)9(7)10/h2-4H,5H2,1H3. The molecule has 0 N–H and O–H groups in total. The first-order valence-electron chi connectivity index (χ1n) is 3.78. The van der Waals surface area contributed by atoms with Gasteiger partial charge in [-0.25, -0.2) is 9.18 Å². The van der Waals surface area contributed by atoms with Gasteiger partial charge in [-0.15, -0.1) is 0 Å². The van der Waals surface area contributed by atoms with Gasteiger partial charge in [0, 0.05) is 0 Å². The molecule has 0 saturated heterocycles. The fraction of sp³-hybridized carbons (Fsp3) is 0.222. The van der Waals surface area contributed by atoms with Crippen LogP contribution in [0.1, 0.15) is 0 Å². The molecule has 0 aliphatic carbocycles. The van der Waals surface area contributed by atoms with E-state index < -0.39 is 11.8 Å². The summed E-state index contributed by atoms with van der Waals surface area (Å²) < 4.78 is 22.5. The summed E-state index contributed by atoms with van der Waals surface area (Å²) >= 11 is 3.00. The van der Waals surface area contributed by atoms with Crippen molar-refractivity contribution in [2.75, 3.05) is 13.7 Å². The third-order valence-electron chi connectivity index (χ3n) is 1.49. The van der Waals surface area contributed by atoms with Gasteiger partial charge >= 0.3 is 5.97 Å². The van der Waals surface area contributed by atoms with Crippen LogP contribution in [-0.4, -0.2) is 19.7 Å². The number of esters is 1. The molecule has 0 aliphatic rings. The van der Waals surface area contributed by atoms with Gasteiger partial charge in [0.05, 0.1) is 11.6 Å². The Bertz CT molecular complexity index is 341. The van der Waals surface area contributed by atoms with Crippen molar-refractivity contribution in [2.45, 2.75) is 0 Å². The normalized spacial score (nSPS) is 9.64. The average molecular weight is 263 g/mol. The van der Waals surface area contributed by atoms with Gasteiger partial charge in [-0.3, -0.25) is 0 Å². The number of benzene rings is 1. The minimum atomic E-state index is -0.513. The Morgan fingerprint density at radius 1 is 1.57 bits per heavy atom. The topological polar surface area (TPSA) is 35.5 Å². The van der Waals surface area contributed by atoms with Crippen molar-refractivity contribution in [3.63, 3.8) is 0 Å². The number of hydrogen-bond acceptors (Lipinski definition) is 3. The molecule has 1 aromatic carbocycles. The summed E-state index contributed by atoms with van der Waals surface area (Å²) in [5, 5.41) is 0. The van der Waals surface area contributed by atoms with E-state index in [1.54, 1.807) is 6.07 Å². The molecule has 0 aromatic heterocycles. The van der Waals surface area contributed by atoms with Crippen LogP contribution in [-0.2, 0) is 9.53 Å². The molecule has 0 spiro atoms. The predicted octanol–water partition coefficient (Wildman–Crippen LogP) is 2.14. The fourth-order valence-electron chi connectivity index (χ4n) is 0.791. The molecule has 0 saturated carbocycles. The van der Waals surface area contributed by atoms with Crippen LogP contribution in [0.5, 0.6) is 5.75 Å². The van der Waals surface area contributed by atoms with Gasteiger partial charge in [-0.05, 0) is 28.1 Å². The second-order valence-electron chi connectivity index (χ2n) is 2.42. The van der Waals surface area contributed by atoms with Gasteiger partial charge in [0.25, 0.3) is 0 Å². The largest absolute Gasteiger partial charge is 0.481 e. The fourth-order valence-corrected chi connectivity index (χ4v) is 1.17. The molecule has 0 bridgehead atoms. The summed E-state index contributed by atoms with van der Waals surface area (Å²) in [6.45, 7) is -0.238. The van der Waals surface area contributed by atoms with E-state index in [1.165, 1.54) is 19.2 Å². The van der Waals surface area contributed by atoms with Gasteiger partial charge in [0.15, 0.2) is 6.61 Å². The summed E-state index contributed by atoms with van der Waals surface area (Å²) in [7, 11) is 1.26. The molecule has 0 fully saturated rings. The average Bonchev–Trinajstić information content (AvgIpc) is 2.20. The zero-order chi connectivity index (χ0) is 10.6. The number of carbonyl (C=O) groups excluding carboxylic acids is 1. The quantitative estimate of drug-likeness (QED) is 0.784.